The van der Waals surface area contributed by atoms with Gasteiger partial charge in [0.15, 0.2) is 0 Å². The second-order valence-electron chi connectivity index (χ2n) is 8.20. The van der Waals surface area contributed by atoms with E-state index in [1.807, 2.05) is 0 Å². The second-order valence-corrected chi connectivity index (χ2v) is 8.20. The Morgan fingerprint density at radius 3 is 2.33 bits per heavy atom. The van der Waals surface area contributed by atoms with Crippen LogP contribution in [0.15, 0.2) is 36.5 Å². The monoisotopic (exact) mass is 469 g/mol. The quantitative estimate of drug-likeness (QED) is 0.549. The lowest BCUT2D eigenvalue weighted by molar-refractivity contribution is -0.274. The number of carbonyl (C=O) groups is 2. The maximum atomic E-state index is 12.7. The molecule has 0 aliphatic rings. The summed E-state index contributed by atoms with van der Waals surface area (Å²) < 4.78 is 47.0. The number of aryl methyl sites for hydroxylation is 1. The molecule has 0 aliphatic heterocycles. The first kappa shape index (κ1) is 25.8. The summed E-state index contributed by atoms with van der Waals surface area (Å²) in [6.07, 6.45) is -4.48. The van der Waals surface area contributed by atoms with Crippen molar-refractivity contribution in [2.75, 3.05) is 5.32 Å². The molecule has 0 saturated carbocycles. The number of carbonyl (C=O) groups excluding carboxylic acids is 1. The summed E-state index contributed by atoms with van der Waals surface area (Å²) in [7, 11) is 0. The molecule has 1 heterocycles. The van der Waals surface area contributed by atoms with Crippen LogP contribution in [0.3, 0.4) is 0 Å². The Morgan fingerprint density at radius 2 is 1.85 bits per heavy atom. The van der Waals surface area contributed by atoms with E-state index in [4.69, 9.17) is 4.74 Å². The number of ether oxygens (including phenoxy) is 2. The number of anilines is 1. The van der Waals surface area contributed by atoms with E-state index in [0.29, 0.717) is 5.69 Å². The number of hydrogen-bond acceptors (Lipinski definition) is 5. The fourth-order valence-corrected chi connectivity index (χ4v) is 3.11. The minimum absolute atomic E-state index is 0.0729. The predicted molar refractivity (Wildman–Crippen MR) is 114 cm³/mol. The SMILES string of the molecule is CC[C@H](C(=O)Nc1ccc(Oc2ccc(C)c(OC(F)(F)F)c2)nc1)N(C(=O)O)C(C)(C)C. The highest BCUT2D eigenvalue weighted by Crippen LogP contribution is 2.31. The molecule has 1 aromatic heterocycles. The van der Waals surface area contributed by atoms with Crippen molar-refractivity contribution in [2.45, 2.75) is 59.0 Å². The molecule has 2 N–H and O–H groups in total. The fraction of sp³-hybridized carbons (Fsp3) is 0.409. The summed E-state index contributed by atoms with van der Waals surface area (Å²) in [5.74, 6) is -0.754. The summed E-state index contributed by atoms with van der Waals surface area (Å²) in [5, 5.41) is 12.2. The van der Waals surface area contributed by atoms with Gasteiger partial charge in [-0.25, -0.2) is 9.78 Å². The Labute approximate surface area is 189 Å². The number of aromatic nitrogens is 1. The number of benzene rings is 1. The molecule has 2 amide bonds. The van der Waals surface area contributed by atoms with Gasteiger partial charge in [0, 0.05) is 17.7 Å². The number of halogens is 3. The maximum Gasteiger partial charge on any atom is 0.573 e. The Morgan fingerprint density at radius 1 is 1.18 bits per heavy atom. The average molecular weight is 469 g/mol. The maximum absolute atomic E-state index is 12.7. The van der Waals surface area contributed by atoms with Crippen molar-refractivity contribution in [3.05, 3.63) is 42.1 Å². The van der Waals surface area contributed by atoms with E-state index in [1.165, 1.54) is 37.4 Å². The number of pyridine rings is 1. The van der Waals surface area contributed by atoms with Crippen LogP contribution in [-0.4, -0.2) is 44.9 Å². The van der Waals surface area contributed by atoms with Crippen molar-refractivity contribution in [1.29, 1.82) is 0 Å². The second kappa shape index (κ2) is 9.97. The van der Waals surface area contributed by atoms with Crippen LogP contribution in [0.4, 0.5) is 23.7 Å². The largest absolute Gasteiger partial charge is 0.573 e. The molecule has 0 radical (unpaired) electrons. The smallest absolute Gasteiger partial charge is 0.465 e. The Bertz CT molecular complexity index is 988. The number of rotatable bonds is 7. The van der Waals surface area contributed by atoms with Gasteiger partial charge < -0.3 is 19.9 Å². The number of amides is 2. The van der Waals surface area contributed by atoms with Crippen LogP contribution in [0.5, 0.6) is 17.4 Å². The number of nitrogens with one attached hydrogen (secondary N) is 1. The fourth-order valence-electron chi connectivity index (χ4n) is 3.11. The lowest BCUT2D eigenvalue weighted by atomic mass is 10.0. The van der Waals surface area contributed by atoms with Crippen molar-refractivity contribution >= 4 is 17.7 Å². The summed E-state index contributed by atoms with van der Waals surface area (Å²) in [4.78, 5) is 29.5. The molecule has 0 fully saturated rings. The molecule has 2 aromatic rings. The van der Waals surface area contributed by atoms with Gasteiger partial charge in [-0.1, -0.05) is 13.0 Å². The van der Waals surface area contributed by atoms with E-state index in [0.717, 1.165) is 11.0 Å². The molecule has 2 rings (SSSR count). The summed E-state index contributed by atoms with van der Waals surface area (Å²) in [6.45, 7) is 8.26. The van der Waals surface area contributed by atoms with Gasteiger partial charge in [-0.3, -0.25) is 9.69 Å². The Kier molecular flexibility index (Phi) is 7.78. The van der Waals surface area contributed by atoms with Gasteiger partial charge in [-0.05, 0) is 51.8 Å². The summed E-state index contributed by atoms with van der Waals surface area (Å²) in [6, 6.07) is 5.96. The van der Waals surface area contributed by atoms with Crippen molar-refractivity contribution in [3.63, 3.8) is 0 Å². The molecule has 11 heteroatoms. The third-order valence-corrected chi connectivity index (χ3v) is 4.54. The molecule has 1 atom stereocenters. The number of carboxylic acid groups (broad SMARTS) is 1. The lowest BCUT2D eigenvalue weighted by Gasteiger charge is -2.38. The van der Waals surface area contributed by atoms with Crippen LogP contribution >= 0.6 is 0 Å². The minimum Gasteiger partial charge on any atom is -0.465 e. The zero-order valence-electron chi connectivity index (χ0n) is 18.9. The molecule has 1 aromatic carbocycles. The zero-order chi connectivity index (χ0) is 25.0. The highest BCUT2D eigenvalue weighted by atomic mass is 19.4. The van der Waals surface area contributed by atoms with E-state index in [9.17, 15) is 27.9 Å². The number of alkyl halides is 3. The molecule has 0 unspecified atom stereocenters. The third kappa shape index (κ3) is 7.26. The zero-order valence-corrected chi connectivity index (χ0v) is 18.9. The molecule has 0 saturated heterocycles. The molecule has 0 aliphatic carbocycles. The van der Waals surface area contributed by atoms with Crippen LogP contribution in [0.2, 0.25) is 0 Å². The first-order valence-corrected chi connectivity index (χ1v) is 10.0. The van der Waals surface area contributed by atoms with Gasteiger partial charge in [0.2, 0.25) is 11.8 Å². The molecular weight excluding hydrogens is 443 g/mol. The van der Waals surface area contributed by atoms with Crippen molar-refractivity contribution in [1.82, 2.24) is 9.88 Å². The van der Waals surface area contributed by atoms with Crippen LogP contribution in [0.25, 0.3) is 0 Å². The van der Waals surface area contributed by atoms with E-state index in [-0.39, 0.29) is 23.6 Å². The average Bonchev–Trinajstić information content (AvgIpc) is 2.67. The predicted octanol–water partition coefficient (Wildman–Crippen LogP) is 5.58. The first-order valence-electron chi connectivity index (χ1n) is 10.0. The van der Waals surface area contributed by atoms with Crippen molar-refractivity contribution < 1.29 is 37.3 Å². The van der Waals surface area contributed by atoms with Crippen LogP contribution < -0.4 is 14.8 Å². The molecule has 8 nitrogen and oxygen atoms in total. The van der Waals surface area contributed by atoms with E-state index >= 15 is 0 Å². The summed E-state index contributed by atoms with van der Waals surface area (Å²) >= 11 is 0. The van der Waals surface area contributed by atoms with E-state index in [2.05, 4.69) is 15.0 Å². The van der Waals surface area contributed by atoms with Crippen molar-refractivity contribution in [3.8, 4) is 17.4 Å². The number of nitrogens with zero attached hydrogens (tertiary/aromatic N) is 2. The molecule has 180 valence electrons. The summed E-state index contributed by atoms with van der Waals surface area (Å²) in [5.41, 5.74) is -0.209. The van der Waals surface area contributed by atoms with Crippen molar-refractivity contribution in [2.24, 2.45) is 0 Å². The van der Waals surface area contributed by atoms with Gasteiger partial charge in [-0.2, -0.15) is 0 Å². The Balaban J connectivity index is 2.12. The first-order chi connectivity index (χ1) is 15.2. The normalized spacial score (nSPS) is 12.6. The standard InChI is InChI=1S/C22H26F3N3O5/c1-6-16(28(20(30)31)21(3,4)5)19(29)27-14-8-10-18(26-12-14)32-15-9-7-13(2)17(11-15)33-22(23,24)25/h7-12,16H,6H2,1-5H3,(H,27,29)(H,30,31)/t16-/m1/s1. The topological polar surface area (TPSA) is 101 Å². The van der Waals surface area contributed by atoms with Crippen LogP contribution in [0.1, 0.15) is 39.7 Å². The number of hydrogen-bond donors (Lipinski definition) is 2. The van der Waals surface area contributed by atoms with E-state index in [1.54, 1.807) is 27.7 Å². The van der Waals surface area contributed by atoms with Gasteiger partial charge in [0.25, 0.3) is 0 Å². The van der Waals surface area contributed by atoms with Crippen LogP contribution in [0, 0.1) is 6.92 Å². The van der Waals surface area contributed by atoms with Gasteiger partial charge in [-0.15, -0.1) is 13.2 Å². The van der Waals surface area contributed by atoms with Gasteiger partial charge >= 0.3 is 12.5 Å². The molecule has 0 bridgehead atoms. The highest BCUT2D eigenvalue weighted by molar-refractivity contribution is 5.96. The molecule has 33 heavy (non-hydrogen) atoms. The van der Waals surface area contributed by atoms with Crippen LogP contribution in [-0.2, 0) is 4.79 Å². The lowest BCUT2D eigenvalue weighted by Crippen LogP contribution is -2.55. The molecule has 0 spiro atoms. The van der Waals surface area contributed by atoms with Gasteiger partial charge in [0.05, 0.1) is 11.9 Å². The minimum atomic E-state index is -4.83. The van der Waals surface area contributed by atoms with Gasteiger partial charge in [0.1, 0.15) is 17.5 Å². The van der Waals surface area contributed by atoms with E-state index < -0.39 is 35.7 Å². The Hall–Kier alpha value is -3.50. The highest BCUT2D eigenvalue weighted by Gasteiger charge is 2.36. The third-order valence-electron chi connectivity index (χ3n) is 4.54. The molecular formula is C22H26F3N3O5.